The van der Waals surface area contributed by atoms with Crippen LogP contribution in [0.1, 0.15) is 32.6 Å². The maximum Gasteiger partial charge on any atom is 0.328 e. The molecule has 0 spiro atoms. The van der Waals surface area contributed by atoms with Crippen molar-refractivity contribution < 1.29 is 9.53 Å². The molecular formula is C15H21NO2. The van der Waals surface area contributed by atoms with Crippen molar-refractivity contribution in [1.29, 1.82) is 0 Å². The van der Waals surface area contributed by atoms with Crippen LogP contribution in [0.5, 0.6) is 0 Å². The highest BCUT2D eigenvalue weighted by Gasteiger charge is 2.31. The lowest BCUT2D eigenvalue weighted by Crippen LogP contribution is -2.37. The first-order valence-corrected chi connectivity index (χ1v) is 6.79. The standard InChI is InChI=1S/C15H21NO2/c1-2-18-15(17)14(12-8-6-7-9-12)16-13-10-4-3-5-11-13/h3-5,10-12,14,16H,2,6-9H2,1H3. The van der Waals surface area contributed by atoms with Gasteiger partial charge in [0, 0.05) is 5.69 Å². The van der Waals surface area contributed by atoms with Crippen LogP contribution < -0.4 is 5.32 Å². The van der Waals surface area contributed by atoms with Gasteiger partial charge < -0.3 is 10.1 Å². The molecule has 1 fully saturated rings. The van der Waals surface area contributed by atoms with E-state index in [1.165, 1.54) is 12.8 Å². The summed E-state index contributed by atoms with van der Waals surface area (Å²) in [6.45, 7) is 2.30. The zero-order valence-electron chi connectivity index (χ0n) is 10.9. The van der Waals surface area contributed by atoms with Crippen LogP contribution in [0.25, 0.3) is 0 Å². The highest BCUT2D eigenvalue weighted by molar-refractivity contribution is 5.79. The van der Waals surface area contributed by atoms with Crippen molar-refractivity contribution in [1.82, 2.24) is 0 Å². The molecule has 0 bridgehead atoms. The molecule has 1 aliphatic rings. The van der Waals surface area contributed by atoms with E-state index < -0.39 is 0 Å². The Morgan fingerprint density at radius 2 is 2.00 bits per heavy atom. The summed E-state index contributed by atoms with van der Waals surface area (Å²) in [5.41, 5.74) is 0.988. The van der Waals surface area contributed by atoms with Crippen LogP contribution in [0.3, 0.4) is 0 Å². The van der Waals surface area contributed by atoms with E-state index in [9.17, 15) is 4.79 Å². The first-order chi connectivity index (χ1) is 8.81. The van der Waals surface area contributed by atoms with Gasteiger partial charge in [-0.2, -0.15) is 0 Å². The third kappa shape index (κ3) is 3.25. The molecule has 0 saturated heterocycles. The van der Waals surface area contributed by atoms with E-state index in [1.54, 1.807) is 0 Å². The third-order valence-electron chi connectivity index (χ3n) is 3.51. The number of carbonyl (C=O) groups excluding carboxylic acids is 1. The summed E-state index contributed by atoms with van der Waals surface area (Å²) >= 11 is 0. The maximum atomic E-state index is 12.0. The van der Waals surface area contributed by atoms with Gasteiger partial charge >= 0.3 is 5.97 Å². The molecule has 0 aliphatic heterocycles. The number of nitrogens with one attached hydrogen (secondary N) is 1. The average molecular weight is 247 g/mol. The van der Waals surface area contributed by atoms with Crippen molar-refractivity contribution in [2.24, 2.45) is 5.92 Å². The topological polar surface area (TPSA) is 38.3 Å². The Hall–Kier alpha value is -1.51. The van der Waals surface area contributed by atoms with Crippen molar-refractivity contribution in [3.8, 4) is 0 Å². The minimum absolute atomic E-state index is 0.117. The molecule has 1 aromatic rings. The van der Waals surface area contributed by atoms with E-state index in [2.05, 4.69) is 5.32 Å². The minimum atomic E-state index is -0.199. The van der Waals surface area contributed by atoms with Gasteiger partial charge in [-0.1, -0.05) is 31.0 Å². The van der Waals surface area contributed by atoms with Crippen LogP contribution in [-0.2, 0) is 9.53 Å². The largest absolute Gasteiger partial charge is 0.464 e. The molecule has 1 aromatic carbocycles. The number of hydrogen-bond acceptors (Lipinski definition) is 3. The Morgan fingerprint density at radius 3 is 2.61 bits per heavy atom. The summed E-state index contributed by atoms with van der Waals surface area (Å²) < 4.78 is 5.19. The number of esters is 1. The molecule has 1 saturated carbocycles. The van der Waals surface area contributed by atoms with Crippen molar-refractivity contribution >= 4 is 11.7 Å². The summed E-state index contributed by atoms with van der Waals surface area (Å²) in [6, 6.07) is 9.69. The van der Waals surface area contributed by atoms with Gasteiger partial charge in [0.25, 0.3) is 0 Å². The summed E-state index contributed by atoms with van der Waals surface area (Å²) in [5.74, 6) is 0.289. The van der Waals surface area contributed by atoms with Crippen molar-refractivity contribution in [2.75, 3.05) is 11.9 Å². The van der Waals surface area contributed by atoms with Gasteiger partial charge in [0.1, 0.15) is 6.04 Å². The van der Waals surface area contributed by atoms with Crippen LogP contribution in [0.4, 0.5) is 5.69 Å². The summed E-state index contributed by atoms with van der Waals surface area (Å²) in [6.07, 6.45) is 4.67. The predicted molar refractivity (Wildman–Crippen MR) is 72.4 cm³/mol. The van der Waals surface area contributed by atoms with Crippen LogP contribution in [0.15, 0.2) is 30.3 Å². The van der Waals surface area contributed by atoms with E-state index in [4.69, 9.17) is 4.74 Å². The van der Waals surface area contributed by atoms with E-state index >= 15 is 0 Å². The van der Waals surface area contributed by atoms with Gasteiger partial charge in [0.05, 0.1) is 6.61 Å². The van der Waals surface area contributed by atoms with E-state index in [1.807, 2.05) is 37.3 Å². The van der Waals surface area contributed by atoms with Crippen molar-refractivity contribution in [2.45, 2.75) is 38.6 Å². The average Bonchev–Trinajstić information content (AvgIpc) is 2.91. The van der Waals surface area contributed by atoms with Gasteiger partial charge in [0.2, 0.25) is 0 Å². The van der Waals surface area contributed by atoms with Crippen LogP contribution >= 0.6 is 0 Å². The van der Waals surface area contributed by atoms with Crippen molar-refractivity contribution in [3.63, 3.8) is 0 Å². The normalized spacial score (nSPS) is 17.4. The molecule has 0 heterocycles. The molecule has 2 rings (SSSR count). The molecule has 0 aromatic heterocycles. The highest BCUT2D eigenvalue weighted by Crippen LogP contribution is 2.30. The second-order valence-corrected chi connectivity index (χ2v) is 4.78. The maximum absolute atomic E-state index is 12.0. The molecule has 18 heavy (non-hydrogen) atoms. The van der Waals surface area contributed by atoms with E-state index in [0.717, 1.165) is 18.5 Å². The van der Waals surface area contributed by atoms with Gasteiger partial charge in [-0.05, 0) is 37.8 Å². The quantitative estimate of drug-likeness (QED) is 0.812. The lowest BCUT2D eigenvalue weighted by atomic mass is 9.98. The Bertz CT molecular complexity index is 371. The number of hydrogen-bond donors (Lipinski definition) is 1. The second-order valence-electron chi connectivity index (χ2n) is 4.78. The Kier molecular flexibility index (Phi) is 4.62. The molecule has 98 valence electrons. The Morgan fingerprint density at radius 1 is 1.33 bits per heavy atom. The van der Waals surface area contributed by atoms with Gasteiger partial charge in [-0.15, -0.1) is 0 Å². The number of carbonyl (C=O) groups is 1. The number of para-hydroxylation sites is 1. The summed E-state index contributed by atoms with van der Waals surface area (Å²) in [7, 11) is 0. The number of anilines is 1. The SMILES string of the molecule is CCOC(=O)C(Nc1ccccc1)C1CCCC1. The number of benzene rings is 1. The highest BCUT2D eigenvalue weighted by atomic mass is 16.5. The zero-order chi connectivity index (χ0) is 12.8. The van der Waals surface area contributed by atoms with Crippen LogP contribution in [-0.4, -0.2) is 18.6 Å². The number of rotatable bonds is 5. The zero-order valence-corrected chi connectivity index (χ0v) is 10.9. The lowest BCUT2D eigenvalue weighted by molar-refractivity contribution is -0.145. The van der Waals surface area contributed by atoms with Gasteiger partial charge in [0.15, 0.2) is 0 Å². The predicted octanol–water partition coefficient (Wildman–Crippen LogP) is 3.22. The smallest absolute Gasteiger partial charge is 0.328 e. The first-order valence-electron chi connectivity index (χ1n) is 6.79. The summed E-state index contributed by atoms with van der Waals surface area (Å²) in [4.78, 5) is 12.0. The van der Waals surface area contributed by atoms with Gasteiger partial charge in [-0.3, -0.25) is 0 Å². The van der Waals surface area contributed by atoms with Crippen molar-refractivity contribution in [3.05, 3.63) is 30.3 Å². The molecule has 0 amide bonds. The molecule has 3 heteroatoms. The molecule has 3 nitrogen and oxygen atoms in total. The van der Waals surface area contributed by atoms with Crippen LogP contribution in [0.2, 0.25) is 0 Å². The van der Waals surface area contributed by atoms with Crippen LogP contribution in [0, 0.1) is 5.92 Å². The van der Waals surface area contributed by atoms with E-state index in [0.29, 0.717) is 12.5 Å². The molecular weight excluding hydrogens is 226 g/mol. The molecule has 1 N–H and O–H groups in total. The minimum Gasteiger partial charge on any atom is -0.464 e. The second kappa shape index (κ2) is 6.43. The molecule has 1 atom stereocenters. The monoisotopic (exact) mass is 247 g/mol. The fourth-order valence-electron chi connectivity index (χ4n) is 2.61. The number of ether oxygens (including phenoxy) is 1. The Labute approximate surface area is 109 Å². The summed E-state index contributed by atoms with van der Waals surface area (Å²) in [5, 5.41) is 3.33. The van der Waals surface area contributed by atoms with Gasteiger partial charge in [-0.25, -0.2) is 4.79 Å². The molecule has 1 unspecified atom stereocenters. The third-order valence-corrected chi connectivity index (χ3v) is 3.51. The first kappa shape index (κ1) is 12.9. The fourth-order valence-corrected chi connectivity index (χ4v) is 2.61. The fraction of sp³-hybridized carbons (Fsp3) is 0.533. The lowest BCUT2D eigenvalue weighted by Gasteiger charge is -2.23. The molecule has 0 radical (unpaired) electrons. The molecule has 1 aliphatic carbocycles. The van der Waals surface area contributed by atoms with E-state index in [-0.39, 0.29) is 12.0 Å². The Balaban J connectivity index is 2.06.